The van der Waals surface area contributed by atoms with E-state index in [9.17, 15) is 10.1 Å². The lowest BCUT2D eigenvalue weighted by molar-refractivity contribution is -0.384. The number of anilines is 1. The van der Waals surface area contributed by atoms with Gasteiger partial charge in [0.25, 0.3) is 5.69 Å². The van der Waals surface area contributed by atoms with Gasteiger partial charge in [0.15, 0.2) is 0 Å². The number of non-ortho nitro benzene ring substituents is 1. The number of hydrogen-bond donors (Lipinski definition) is 1. The monoisotopic (exact) mass is 262 g/mol. The van der Waals surface area contributed by atoms with Gasteiger partial charge in [-0.2, -0.15) is 0 Å². The van der Waals surface area contributed by atoms with Crippen LogP contribution in [0, 0.1) is 17.0 Å². The second-order valence-electron chi connectivity index (χ2n) is 4.12. The Morgan fingerprint density at radius 3 is 2.72 bits per heavy atom. The summed E-state index contributed by atoms with van der Waals surface area (Å²) < 4.78 is 0. The van der Waals surface area contributed by atoms with E-state index in [4.69, 9.17) is 0 Å². The van der Waals surface area contributed by atoms with Crippen molar-refractivity contribution in [2.24, 2.45) is 0 Å². The summed E-state index contributed by atoms with van der Waals surface area (Å²) in [5.74, 6) is 0. The summed E-state index contributed by atoms with van der Waals surface area (Å²) in [4.78, 5) is 12.8. The van der Waals surface area contributed by atoms with Crippen LogP contribution in [0.25, 0.3) is 0 Å². The van der Waals surface area contributed by atoms with E-state index in [1.165, 1.54) is 15.8 Å². The van der Waals surface area contributed by atoms with Crippen LogP contribution < -0.4 is 5.32 Å². The van der Waals surface area contributed by atoms with Crippen LogP contribution in [-0.2, 0) is 0 Å². The molecule has 1 heterocycles. The minimum absolute atomic E-state index is 0.106. The Morgan fingerprint density at radius 2 is 2.11 bits per heavy atom. The molecule has 1 aromatic heterocycles. The lowest BCUT2D eigenvalue weighted by Crippen LogP contribution is -2.04. The van der Waals surface area contributed by atoms with Crippen molar-refractivity contribution in [1.82, 2.24) is 0 Å². The van der Waals surface area contributed by atoms with E-state index in [1.807, 2.05) is 13.0 Å². The zero-order chi connectivity index (χ0) is 13.1. The Kier molecular flexibility index (Phi) is 3.62. The number of nitro benzene ring substituents is 1. The molecule has 0 aliphatic heterocycles. The second kappa shape index (κ2) is 5.18. The van der Waals surface area contributed by atoms with E-state index in [2.05, 4.69) is 24.4 Å². The van der Waals surface area contributed by atoms with E-state index < -0.39 is 0 Å². The zero-order valence-corrected chi connectivity index (χ0v) is 11.0. The molecule has 1 aromatic carbocycles. The van der Waals surface area contributed by atoms with Gasteiger partial charge in [-0.05, 0) is 32.0 Å². The van der Waals surface area contributed by atoms with Crippen LogP contribution in [-0.4, -0.2) is 4.92 Å². The van der Waals surface area contributed by atoms with E-state index in [1.54, 1.807) is 23.5 Å². The Bertz CT molecular complexity index is 566. The first kappa shape index (κ1) is 12.6. The van der Waals surface area contributed by atoms with Crippen molar-refractivity contribution in [1.29, 1.82) is 0 Å². The maximum atomic E-state index is 10.7. The van der Waals surface area contributed by atoms with E-state index >= 15 is 0 Å². The average Bonchev–Trinajstić information content (AvgIpc) is 2.76. The minimum Gasteiger partial charge on any atom is -0.378 e. The third-order valence-corrected chi connectivity index (χ3v) is 3.81. The fraction of sp³-hybridized carbons (Fsp3) is 0.231. The molecule has 2 rings (SSSR count). The van der Waals surface area contributed by atoms with Crippen LogP contribution in [0.3, 0.4) is 0 Å². The molecule has 0 radical (unpaired) electrons. The van der Waals surface area contributed by atoms with Gasteiger partial charge in [0.1, 0.15) is 0 Å². The van der Waals surface area contributed by atoms with Crippen molar-refractivity contribution in [3.05, 3.63) is 56.3 Å². The highest BCUT2D eigenvalue weighted by molar-refractivity contribution is 7.12. The first-order valence-electron chi connectivity index (χ1n) is 5.63. The van der Waals surface area contributed by atoms with Crippen LogP contribution in [0.15, 0.2) is 36.4 Å². The molecule has 0 fully saturated rings. The standard InChI is InChI=1S/C13H14N2O2S/c1-9-6-7-13(18-9)10(2)14-11-4-3-5-12(8-11)15(16)17/h3-8,10,14H,1-2H3. The van der Waals surface area contributed by atoms with Gasteiger partial charge in [-0.1, -0.05) is 6.07 Å². The topological polar surface area (TPSA) is 55.2 Å². The Balaban J connectivity index is 2.14. The summed E-state index contributed by atoms with van der Waals surface area (Å²) in [6, 6.07) is 10.9. The average molecular weight is 262 g/mol. The fourth-order valence-electron chi connectivity index (χ4n) is 1.72. The highest BCUT2D eigenvalue weighted by Crippen LogP contribution is 2.27. The molecule has 0 aliphatic carbocycles. The molecule has 4 nitrogen and oxygen atoms in total. The van der Waals surface area contributed by atoms with Crippen molar-refractivity contribution < 1.29 is 4.92 Å². The fourth-order valence-corrected chi connectivity index (χ4v) is 2.60. The highest BCUT2D eigenvalue weighted by Gasteiger charge is 2.10. The molecule has 0 aliphatic rings. The predicted octanol–water partition coefficient (Wildman–Crippen LogP) is 4.14. The summed E-state index contributed by atoms with van der Waals surface area (Å²) in [7, 11) is 0. The van der Waals surface area contributed by atoms with Crippen LogP contribution in [0.1, 0.15) is 22.7 Å². The van der Waals surface area contributed by atoms with Crippen molar-refractivity contribution in [3.63, 3.8) is 0 Å². The number of nitro groups is 1. The molecule has 0 spiro atoms. The van der Waals surface area contributed by atoms with Crippen LogP contribution in [0.5, 0.6) is 0 Å². The molecule has 0 bridgehead atoms. The van der Waals surface area contributed by atoms with Crippen LogP contribution >= 0.6 is 11.3 Å². The molecular formula is C13H14N2O2S. The molecule has 2 aromatic rings. The predicted molar refractivity (Wildman–Crippen MR) is 74.2 cm³/mol. The highest BCUT2D eigenvalue weighted by atomic mass is 32.1. The molecule has 5 heteroatoms. The van der Waals surface area contributed by atoms with Gasteiger partial charge < -0.3 is 5.32 Å². The van der Waals surface area contributed by atoms with Crippen molar-refractivity contribution in [2.75, 3.05) is 5.32 Å². The maximum Gasteiger partial charge on any atom is 0.271 e. The van der Waals surface area contributed by atoms with Crippen LogP contribution in [0.4, 0.5) is 11.4 Å². The van der Waals surface area contributed by atoms with Crippen LogP contribution in [0.2, 0.25) is 0 Å². The molecule has 1 atom stereocenters. The van der Waals surface area contributed by atoms with Gasteiger partial charge in [-0.25, -0.2) is 0 Å². The number of thiophene rings is 1. The molecule has 0 saturated heterocycles. The van der Waals surface area contributed by atoms with Crippen molar-refractivity contribution in [2.45, 2.75) is 19.9 Å². The van der Waals surface area contributed by atoms with Gasteiger partial charge >= 0.3 is 0 Å². The number of nitrogens with zero attached hydrogens (tertiary/aromatic N) is 1. The van der Waals surface area contributed by atoms with E-state index in [-0.39, 0.29) is 16.7 Å². The molecular weight excluding hydrogens is 248 g/mol. The molecule has 1 unspecified atom stereocenters. The number of rotatable bonds is 4. The van der Waals surface area contributed by atoms with Gasteiger partial charge in [0.2, 0.25) is 0 Å². The summed E-state index contributed by atoms with van der Waals surface area (Å²) in [6.07, 6.45) is 0. The van der Waals surface area contributed by atoms with E-state index in [0.29, 0.717) is 0 Å². The first-order chi connectivity index (χ1) is 8.56. The summed E-state index contributed by atoms with van der Waals surface area (Å²) in [5.41, 5.74) is 0.873. The smallest absolute Gasteiger partial charge is 0.271 e. The third-order valence-electron chi connectivity index (χ3n) is 2.63. The van der Waals surface area contributed by atoms with E-state index in [0.717, 1.165) is 5.69 Å². The summed E-state index contributed by atoms with van der Waals surface area (Å²) in [5, 5.41) is 14.0. The lowest BCUT2D eigenvalue weighted by Gasteiger charge is -2.13. The normalized spacial score (nSPS) is 12.1. The minimum atomic E-state index is -0.384. The third kappa shape index (κ3) is 2.87. The zero-order valence-electron chi connectivity index (χ0n) is 10.2. The van der Waals surface area contributed by atoms with Gasteiger partial charge in [0, 0.05) is 27.6 Å². The van der Waals surface area contributed by atoms with Crippen molar-refractivity contribution in [3.8, 4) is 0 Å². The number of hydrogen-bond acceptors (Lipinski definition) is 4. The molecule has 0 saturated carbocycles. The Morgan fingerprint density at radius 1 is 1.33 bits per heavy atom. The Labute approximate surface area is 109 Å². The van der Waals surface area contributed by atoms with Gasteiger partial charge in [0.05, 0.1) is 11.0 Å². The first-order valence-corrected chi connectivity index (χ1v) is 6.45. The summed E-state index contributed by atoms with van der Waals surface area (Å²) in [6.45, 7) is 4.11. The lowest BCUT2D eigenvalue weighted by atomic mass is 10.2. The Hall–Kier alpha value is -1.88. The number of benzene rings is 1. The SMILES string of the molecule is Cc1ccc(C(C)Nc2cccc([N+](=O)[O-])c2)s1. The quantitative estimate of drug-likeness (QED) is 0.665. The number of aryl methyl sites for hydroxylation is 1. The second-order valence-corrected chi connectivity index (χ2v) is 5.44. The van der Waals surface area contributed by atoms with Gasteiger partial charge in [-0.15, -0.1) is 11.3 Å². The molecule has 1 N–H and O–H groups in total. The molecule has 94 valence electrons. The van der Waals surface area contributed by atoms with Crippen molar-refractivity contribution >= 4 is 22.7 Å². The summed E-state index contributed by atoms with van der Waals surface area (Å²) >= 11 is 1.73. The number of nitrogens with one attached hydrogen (secondary N) is 1. The molecule has 18 heavy (non-hydrogen) atoms. The maximum absolute atomic E-state index is 10.7. The molecule has 0 amide bonds. The van der Waals surface area contributed by atoms with Gasteiger partial charge in [-0.3, -0.25) is 10.1 Å². The largest absolute Gasteiger partial charge is 0.378 e.